The molecule has 1 rings (SSSR count). The second kappa shape index (κ2) is 5.82. The van der Waals surface area contributed by atoms with Crippen LogP contribution in [0.2, 0.25) is 0 Å². The van der Waals surface area contributed by atoms with Crippen molar-refractivity contribution in [2.45, 2.75) is 26.2 Å². The molecule has 0 aromatic rings. The van der Waals surface area contributed by atoms with Crippen LogP contribution in [0.1, 0.15) is 26.2 Å². The summed E-state index contributed by atoms with van der Waals surface area (Å²) >= 11 is 0. The number of carbonyl (C=O) groups excluding carboxylic acids is 1. The summed E-state index contributed by atoms with van der Waals surface area (Å²) in [6, 6.07) is 0. The zero-order valence-electron chi connectivity index (χ0n) is 10.1. The Morgan fingerprint density at radius 1 is 1.47 bits per heavy atom. The Labute approximate surface area is 101 Å². The highest BCUT2D eigenvalue weighted by molar-refractivity contribution is 6.02. The molecule has 0 saturated heterocycles. The van der Waals surface area contributed by atoms with E-state index in [-0.39, 0.29) is 0 Å². The fourth-order valence-corrected chi connectivity index (χ4v) is 1.72. The third-order valence-electron chi connectivity index (χ3n) is 2.93. The van der Waals surface area contributed by atoms with Gasteiger partial charge in [-0.3, -0.25) is 9.59 Å². The molecule has 17 heavy (non-hydrogen) atoms. The minimum absolute atomic E-state index is 0.334. The first-order valence-corrected chi connectivity index (χ1v) is 5.73. The Hall–Kier alpha value is -1.36. The molecule has 0 aliphatic heterocycles. The summed E-state index contributed by atoms with van der Waals surface area (Å²) in [6.45, 7) is 6.70. The number of carbonyl (C=O) groups is 2. The topological polar surface area (TPSA) is 75.6 Å². The SMILES string of the molecule is C=C(C)COCCNC(=O)C1(C(=O)O)CCC1. The molecule has 1 fully saturated rings. The first-order chi connectivity index (χ1) is 7.99. The molecule has 0 radical (unpaired) electrons. The second-order valence-corrected chi connectivity index (χ2v) is 4.51. The van der Waals surface area contributed by atoms with Crippen molar-refractivity contribution in [2.75, 3.05) is 19.8 Å². The standard InChI is InChI=1S/C12H19NO4/c1-9(2)8-17-7-6-13-10(14)12(11(15)16)4-3-5-12/h1,3-8H2,2H3,(H,13,14)(H,15,16). The normalized spacial score (nSPS) is 17.0. The van der Waals surface area contributed by atoms with Gasteiger partial charge in [0.05, 0.1) is 13.2 Å². The van der Waals surface area contributed by atoms with Gasteiger partial charge in [-0.05, 0) is 19.8 Å². The fraction of sp³-hybridized carbons (Fsp3) is 0.667. The first kappa shape index (κ1) is 13.7. The van der Waals surface area contributed by atoms with Gasteiger partial charge in [-0.15, -0.1) is 0 Å². The molecule has 1 saturated carbocycles. The molecule has 5 nitrogen and oxygen atoms in total. The lowest BCUT2D eigenvalue weighted by Crippen LogP contribution is -2.51. The van der Waals surface area contributed by atoms with Crippen LogP contribution in [0.25, 0.3) is 0 Å². The summed E-state index contributed by atoms with van der Waals surface area (Å²) < 4.78 is 5.21. The number of hydrogen-bond acceptors (Lipinski definition) is 3. The Kier molecular flexibility index (Phi) is 4.69. The molecule has 0 unspecified atom stereocenters. The summed E-state index contributed by atoms with van der Waals surface area (Å²) in [7, 11) is 0. The smallest absolute Gasteiger partial charge is 0.319 e. The van der Waals surface area contributed by atoms with Gasteiger partial charge in [0.2, 0.25) is 5.91 Å². The zero-order valence-corrected chi connectivity index (χ0v) is 10.1. The lowest BCUT2D eigenvalue weighted by Gasteiger charge is -2.35. The van der Waals surface area contributed by atoms with Crippen molar-refractivity contribution in [3.63, 3.8) is 0 Å². The number of nitrogens with one attached hydrogen (secondary N) is 1. The van der Waals surface area contributed by atoms with Crippen molar-refractivity contribution in [3.05, 3.63) is 12.2 Å². The molecular formula is C12H19NO4. The first-order valence-electron chi connectivity index (χ1n) is 5.73. The van der Waals surface area contributed by atoms with Crippen molar-refractivity contribution in [3.8, 4) is 0 Å². The summed E-state index contributed by atoms with van der Waals surface area (Å²) in [6.07, 6.45) is 1.66. The van der Waals surface area contributed by atoms with Gasteiger partial charge in [0.1, 0.15) is 5.41 Å². The van der Waals surface area contributed by atoms with Gasteiger partial charge in [-0.25, -0.2) is 0 Å². The molecule has 0 atom stereocenters. The maximum absolute atomic E-state index is 11.7. The lowest BCUT2D eigenvalue weighted by molar-refractivity contribution is -0.162. The molecule has 1 aliphatic rings. The molecule has 0 heterocycles. The van der Waals surface area contributed by atoms with E-state index in [0.717, 1.165) is 12.0 Å². The molecule has 5 heteroatoms. The van der Waals surface area contributed by atoms with E-state index < -0.39 is 17.3 Å². The van der Waals surface area contributed by atoms with Crippen molar-refractivity contribution >= 4 is 11.9 Å². The van der Waals surface area contributed by atoms with Crippen LogP contribution in [0.3, 0.4) is 0 Å². The Morgan fingerprint density at radius 3 is 2.53 bits per heavy atom. The van der Waals surface area contributed by atoms with Crippen molar-refractivity contribution in [1.82, 2.24) is 5.32 Å². The fourth-order valence-electron chi connectivity index (χ4n) is 1.72. The van der Waals surface area contributed by atoms with Crippen LogP contribution in [0, 0.1) is 5.41 Å². The predicted octanol–water partition coefficient (Wildman–Crippen LogP) is 0.950. The number of carboxylic acid groups (broad SMARTS) is 1. The van der Waals surface area contributed by atoms with E-state index in [0.29, 0.717) is 32.6 Å². The van der Waals surface area contributed by atoms with E-state index in [1.807, 2.05) is 6.92 Å². The van der Waals surface area contributed by atoms with Gasteiger partial charge in [0.15, 0.2) is 0 Å². The highest BCUT2D eigenvalue weighted by Gasteiger charge is 2.50. The Bertz CT molecular complexity index is 320. The van der Waals surface area contributed by atoms with Crippen LogP contribution in [0.4, 0.5) is 0 Å². The minimum Gasteiger partial charge on any atom is -0.480 e. The van der Waals surface area contributed by atoms with Gasteiger partial charge in [0, 0.05) is 6.54 Å². The Balaban J connectivity index is 2.25. The van der Waals surface area contributed by atoms with Crippen LogP contribution in [0.15, 0.2) is 12.2 Å². The van der Waals surface area contributed by atoms with Crippen molar-refractivity contribution in [1.29, 1.82) is 0 Å². The third kappa shape index (κ3) is 3.30. The Morgan fingerprint density at radius 2 is 2.12 bits per heavy atom. The maximum Gasteiger partial charge on any atom is 0.319 e. The van der Waals surface area contributed by atoms with E-state index >= 15 is 0 Å². The van der Waals surface area contributed by atoms with E-state index in [9.17, 15) is 9.59 Å². The molecule has 0 aromatic heterocycles. The molecule has 0 bridgehead atoms. The number of aliphatic carboxylic acids is 1. The average Bonchev–Trinajstić information content (AvgIpc) is 2.14. The molecule has 1 amide bonds. The molecule has 2 N–H and O–H groups in total. The molecule has 1 aliphatic carbocycles. The van der Waals surface area contributed by atoms with E-state index in [1.54, 1.807) is 0 Å². The molecule has 0 spiro atoms. The summed E-state index contributed by atoms with van der Waals surface area (Å²) in [4.78, 5) is 22.7. The van der Waals surface area contributed by atoms with Gasteiger partial charge in [0.25, 0.3) is 0 Å². The van der Waals surface area contributed by atoms with Crippen LogP contribution in [-0.4, -0.2) is 36.7 Å². The summed E-state index contributed by atoms with van der Waals surface area (Å²) in [5, 5.41) is 11.6. The van der Waals surface area contributed by atoms with E-state index in [2.05, 4.69) is 11.9 Å². The minimum atomic E-state index is -1.19. The predicted molar refractivity (Wildman–Crippen MR) is 62.6 cm³/mol. The third-order valence-corrected chi connectivity index (χ3v) is 2.93. The highest BCUT2D eigenvalue weighted by atomic mass is 16.5. The van der Waals surface area contributed by atoms with Crippen LogP contribution < -0.4 is 5.32 Å². The van der Waals surface area contributed by atoms with Gasteiger partial charge in [-0.2, -0.15) is 0 Å². The summed E-state index contributed by atoms with van der Waals surface area (Å²) in [5.41, 5.74) is -0.272. The van der Waals surface area contributed by atoms with Crippen molar-refractivity contribution < 1.29 is 19.4 Å². The van der Waals surface area contributed by atoms with Crippen molar-refractivity contribution in [2.24, 2.45) is 5.41 Å². The van der Waals surface area contributed by atoms with Crippen LogP contribution in [0.5, 0.6) is 0 Å². The van der Waals surface area contributed by atoms with Gasteiger partial charge >= 0.3 is 5.97 Å². The number of amides is 1. The van der Waals surface area contributed by atoms with Gasteiger partial charge in [-0.1, -0.05) is 18.6 Å². The van der Waals surface area contributed by atoms with E-state index in [1.165, 1.54) is 0 Å². The van der Waals surface area contributed by atoms with Crippen LogP contribution in [-0.2, 0) is 14.3 Å². The van der Waals surface area contributed by atoms with E-state index in [4.69, 9.17) is 9.84 Å². The van der Waals surface area contributed by atoms with Gasteiger partial charge < -0.3 is 15.2 Å². The van der Waals surface area contributed by atoms with Crippen LogP contribution >= 0.6 is 0 Å². The largest absolute Gasteiger partial charge is 0.480 e. The number of hydrogen-bond donors (Lipinski definition) is 2. The quantitative estimate of drug-likeness (QED) is 0.395. The molecular weight excluding hydrogens is 222 g/mol. The monoisotopic (exact) mass is 241 g/mol. The lowest BCUT2D eigenvalue weighted by atomic mass is 9.68. The zero-order chi connectivity index (χ0) is 12.9. The number of carboxylic acids is 1. The summed E-state index contributed by atoms with van der Waals surface area (Å²) in [5.74, 6) is -1.42. The molecule has 96 valence electrons. The average molecular weight is 241 g/mol. The second-order valence-electron chi connectivity index (χ2n) is 4.51. The maximum atomic E-state index is 11.7. The number of rotatable bonds is 7. The molecule has 0 aromatic carbocycles. The number of ether oxygens (including phenoxy) is 1. The highest BCUT2D eigenvalue weighted by Crippen LogP contribution is 2.41.